The van der Waals surface area contributed by atoms with Crippen LogP contribution in [-0.4, -0.2) is 32.7 Å². The van der Waals surface area contributed by atoms with Crippen LogP contribution >= 0.6 is 0 Å². The van der Waals surface area contributed by atoms with Crippen LogP contribution < -0.4 is 14.8 Å². The summed E-state index contributed by atoms with van der Waals surface area (Å²) in [7, 11) is -2.20. The van der Waals surface area contributed by atoms with Gasteiger partial charge in [-0.1, -0.05) is 6.07 Å². The molecule has 0 aliphatic carbocycles. The van der Waals surface area contributed by atoms with Gasteiger partial charge in [-0.05, 0) is 35.9 Å². The molecular weight excluding hydrogens is 392 g/mol. The summed E-state index contributed by atoms with van der Waals surface area (Å²) in [6.07, 6.45) is 3.62. The van der Waals surface area contributed by atoms with Crippen molar-refractivity contribution in [2.45, 2.75) is 13.2 Å². The second kappa shape index (κ2) is 9.27. The molecule has 150 valence electrons. The highest BCUT2D eigenvalue weighted by Gasteiger charge is 2.09. The molecule has 2 aromatic rings. The molecule has 1 amide bonds. The number of carbonyl (C=O) groups is 1. The zero-order valence-electron chi connectivity index (χ0n) is 15.2. The summed E-state index contributed by atoms with van der Waals surface area (Å²) < 4.78 is 56.0. The third-order valence-corrected chi connectivity index (χ3v) is 4.08. The maximum Gasteiger partial charge on any atom is 0.244 e. The van der Waals surface area contributed by atoms with E-state index in [2.05, 4.69) is 15.0 Å². The average Bonchev–Trinajstić information content (AvgIpc) is 2.65. The van der Waals surface area contributed by atoms with Crippen LogP contribution in [-0.2, 0) is 28.0 Å². The molecule has 0 radical (unpaired) electrons. The standard InChI is InChI=1S/C18H19F2N3O4S/c1-27-18-13(4-6-14(10-19)22-18)5-8-17(24)21-11-12-3-7-16(15(20)9-12)23-28(2,25)26/h3-9,23H,10-11H2,1-2H3,(H,21,24)/b8-5+. The maximum atomic E-state index is 13.9. The number of amides is 1. The van der Waals surface area contributed by atoms with Gasteiger partial charge in [-0.3, -0.25) is 9.52 Å². The fraction of sp³-hybridized carbons (Fsp3) is 0.222. The molecule has 0 spiro atoms. The number of hydrogen-bond donors (Lipinski definition) is 2. The van der Waals surface area contributed by atoms with E-state index < -0.39 is 28.4 Å². The van der Waals surface area contributed by atoms with Crippen LogP contribution in [0.3, 0.4) is 0 Å². The second-order valence-corrected chi connectivity index (χ2v) is 7.52. The van der Waals surface area contributed by atoms with Crippen molar-refractivity contribution in [3.05, 3.63) is 59.0 Å². The van der Waals surface area contributed by atoms with Crippen LogP contribution in [0.25, 0.3) is 6.08 Å². The molecule has 0 unspecified atom stereocenters. The van der Waals surface area contributed by atoms with Crippen molar-refractivity contribution in [2.75, 3.05) is 18.1 Å². The lowest BCUT2D eigenvalue weighted by Crippen LogP contribution is -2.20. The summed E-state index contributed by atoms with van der Waals surface area (Å²) in [6.45, 7) is -0.689. The molecule has 28 heavy (non-hydrogen) atoms. The quantitative estimate of drug-likeness (QED) is 0.650. The lowest BCUT2D eigenvalue weighted by molar-refractivity contribution is -0.116. The number of alkyl halides is 1. The largest absolute Gasteiger partial charge is 0.481 e. The van der Waals surface area contributed by atoms with Gasteiger partial charge in [0.05, 0.1) is 24.7 Å². The number of nitrogens with zero attached hydrogens (tertiary/aromatic N) is 1. The van der Waals surface area contributed by atoms with Crippen LogP contribution in [0.1, 0.15) is 16.8 Å². The van der Waals surface area contributed by atoms with Crippen molar-refractivity contribution in [2.24, 2.45) is 0 Å². The Hall–Kier alpha value is -3.01. The summed E-state index contributed by atoms with van der Waals surface area (Å²) in [5, 5.41) is 2.57. The van der Waals surface area contributed by atoms with Crippen molar-refractivity contribution in [1.82, 2.24) is 10.3 Å². The fourth-order valence-corrected chi connectivity index (χ4v) is 2.78. The van der Waals surface area contributed by atoms with Gasteiger partial charge >= 0.3 is 0 Å². The van der Waals surface area contributed by atoms with Gasteiger partial charge in [0.25, 0.3) is 0 Å². The number of rotatable bonds is 8. The maximum absolute atomic E-state index is 13.9. The van der Waals surface area contributed by atoms with Crippen LogP contribution in [0.4, 0.5) is 14.5 Å². The van der Waals surface area contributed by atoms with E-state index >= 15 is 0 Å². The lowest BCUT2D eigenvalue weighted by atomic mass is 10.2. The first-order chi connectivity index (χ1) is 13.2. The summed E-state index contributed by atoms with van der Waals surface area (Å²) in [5.74, 6) is -1.01. The number of ether oxygens (including phenoxy) is 1. The van der Waals surface area contributed by atoms with Crippen LogP contribution in [0.5, 0.6) is 5.88 Å². The van der Waals surface area contributed by atoms with Crippen LogP contribution in [0.15, 0.2) is 36.4 Å². The van der Waals surface area contributed by atoms with E-state index in [4.69, 9.17) is 4.74 Å². The zero-order chi connectivity index (χ0) is 20.7. The molecule has 1 aromatic carbocycles. The van der Waals surface area contributed by atoms with E-state index in [1.54, 1.807) is 6.07 Å². The number of aromatic nitrogens is 1. The third kappa shape index (κ3) is 6.31. The molecule has 1 heterocycles. The third-order valence-electron chi connectivity index (χ3n) is 3.49. The molecule has 7 nitrogen and oxygen atoms in total. The number of halogens is 2. The molecule has 0 fully saturated rings. The Balaban J connectivity index is 1.99. The monoisotopic (exact) mass is 411 g/mol. The Kier molecular flexibility index (Phi) is 7.05. The van der Waals surface area contributed by atoms with E-state index in [0.29, 0.717) is 11.1 Å². The van der Waals surface area contributed by atoms with Gasteiger partial charge in [0.15, 0.2) is 0 Å². The van der Waals surface area contributed by atoms with Crippen molar-refractivity contribution in [1.29, 1.82) is 0 Å². The van der Waals surface area contributed by atoms with Crippen molar-refractivity contribution < 1.29 is 26.7 Å². The first kappa shape index (κ1) is 21.3. The van der Waals surface area contributed by atoms with Crippen molar-refractivity contribution in [3.63, 3.8) is 0 Å². The van der Waals surface area contributed by atoms with Gasteiger partial charge in [-0.2, -0.15) is 0 Å². The Morgan fingerprint density at radius 2 is 2.04 bits per heavy atom. The average molecular weight is 411 g/mol. The minimum Gasteiger partial charge on any atom is -0.481 e. The number of benzene rings is 1. The molecule has 0 saturated heterocycles. The minimum absolute atomic E-state index is 0.0371. The summed E-state index contributed by atoms with van der Waals surface area (Å²) in [6, 6.07) is 6.95. The van der Waals surface area contributed by atoms with Gasteiger partial charge in [0.2, 0.25) is 21.8 Å². The SMILES string of the molecule is COc1nc(CF)ccc1/C=C/C(=O)NCc1ccc(NS(C)(=O)=O)c(F)c1. The lowest BCUT2D eigenvalue weighted by Gasteiger charge is -2.08. The van der Waals surface area contributed by atoms with Gasteiger partial charge < -0.3 is 10.1 Å². The highest BCUT2D eigenvalue weighted by molar-refractivity contribution is 7.92. The Labute approximate surface area is 161 Å². The van der Waals surface area contributed by atoms with Gasteiger partial charge in [-0.25, -0.2) is 22.2 Å². The minimum atomic E-state index is -3.59. The van der Waals surface area contributed by atoms with Crippen molar-refractivity contribution in [3.8, 4) is 5.88 Å². The molecule has 0 aliphatic rings. The summed E-state index contributed by atoms with van der Waals surface area (Å²) in [4.78, 5) is 15.9. The smallest absolute Gasteiger partial charge is 0.244 e. The molecule has 2 N–H and O–H groups in total. The van der Waals surface area contributed by atoms with Gasteiger partial charge in [0.1, 0.15) is 12.5 Å². The summed E-state index contributed by atoms with van der Waals surface area (Å²) in [5.41, 5.74) is 0.991. The van der Waals surface area contributed by atoms with Crippen molar-refractivity contribution >= 4 is 27.7 Å². The Morgan fingerprint density at radius 1 is 1.29 bits per heavy atom. The highest BCUT2D eigenvalue weighted by Crippen LogP contribution is 2.18. The predicted octanol–water partition coefficient (Wildman–Crippen LogP) is 2.40. The normalized spacial score (nSPS) is 11.4. The molecule has 10 heteroatoms. The number of pyridine rings is 1. The second-order valence-electron chi connectivity index (χ2n) is 5.77. The Bertz CT molecular complexity index is 994. The van der Waals surface area contributed by atoms with Gasteiger partial charge in [0, 0.05) is 18.2 Å². The first-order valence-corrected chi connectivity index (χ1v) is 9.93. The van der Waals surface area contributed by atoms with Crippen LogP contribution in [0.2, 0.25) is 0 Å². The van der Waals surface area contributed by atoms with E-state index in [1.165, 1.54) is 37.5 Å². The molecular formula is C18H19F2N3O4S. The zero-order valence-corrected chi connectivity index (χ0v) is 16.0. The first-order valence-electron chi connectivity index (χ1n) is 8.04. The number of hydrogen-bond acceptors (Lipinski definition) is 5. The molecule has 0 atom stereocenters. The van der Waals surface area contributed by atoms with E-state index in [0.717, 1.165) is 12.3 Å². The molecule has 0 saturated carbocycles. The summed E-state index contributed by atoms with van der Waals surface area (Å²) >= 11 is 0. The number of sulfonamides is 1. The molecule has 0 aliphatic heterocycles. The molecule has 1 aromatic heterocycles. The number of carbonyl (C=O) groups excluding carboxylic acids is 1. The number of nitrogens with one attached hydrogen (secondary N) is 2. The number of anilines is 1. The van der Waals surface area contributed by atoms with E-state index in [9.17, 15) is 22.0 Å². The van der Waals surface area contributed by atoms with E-state index in [1.807, 2.05) is 0 Å². The topological polar surface area (TPSA) is 97.4 Å². The van der Waals surface area contributed by atoms with Crippen LogP contribution in [0, 0.1) is 5.82 Å². The van der Waals surface area contributed by atoms with Gasteiger partial charge in [-0.15, -0.1) is 0 Å². The highest BCUT2D eigenvalue weighted by atomic mass is 32.2. The predicted molar refractivity (Wildman–Crippen MR) is 101 cm³/mol. The molecule has 2 rings (SSSR count). The fourth-order valence-electron chi connectivity index (χ4n) is 2.22. The Morgan fingerprint density at radius 3 is 2.64 bits per heavy atom. The number of methoxy groups -OCH3 is 1. The van der Waals surface area contributed by atoms with E-state index in [-0.39, 0.29) is 23.8 Å². The molecule has 0 bridgehead atoms.